The van der Waals surface area contributed by atoms with Crippen LogP contribution in [0.15, 0.2) is 84.9 Å². The maximum Gasteiger partial charge on any atom is 0.190 e. The quantitative estimate of drug-likeness (QED) is 0.514. The van der Waals surface area contributed by atoms with Gasteiger partial charge in [0.1, 0.15) is 5.75 Å². The van der Waals surface area contributed by atoms with E-state index < -0.39 is 0 Å². The van der Waals surface area contributed by atoms with Crippen LogP contribution in [-0.4, -0.2) is 12.2 Å². The minimum Gasteiger partial charge on any atom is -0.497 e. The highest BCUT2D eigenvalue weighted by Crippen LogP contribution is 2.23. The van der Waals surface area contributed by atoms with Crippen molar-refractivity contribution in [2.45, 2.75) is 0 Å². The van der Waals surface area contributed by atoms with E-state index in [0.29, 0.717) is 5.11 Å². The molecule has 126 valence electrons. The third-order valence-corrected chi connectivity index (χ3v) is 3.76. The first-order valence-corrected chi connectivity index (χ1v) is 8.29. The number of ether oxygens (including phenoxy) is 1. The molecule has 0 aliphatic carbocycles. The van der Waals surface area contributed by atoms with Crippen molar-refractivity contribution in [1.29, 1.82) is 0 Å². The molecule has 0 aliphatic rings. The highest BCUT2D eigenvalue weighted by molar-refractivity contribution is 7.80. The van der Waals surface area contributed by atoms with Crippen LogP contribution in [0.4, 0.5) is 17.1 Å². The van der Waals surface area contributed by atoms with Gasteiger partial charge in [-0.1, -0.05) is 42.5 Å². The molecule has 0 saturated heterocycles. The average Bonchev–Trinajstić information content (AvgIpc) is 2.67. The standard InChI is InChI=1S/C20H19N3OS/c1-24-19-14-8-9-16(15-19)21-20(25)22-23(17-10-4-2-5-11-17)18-12-6-3-7-13-18/h2-15H,1H3,(H2,21,22,25). The summed E-state index contributed by atoms with van der Waals surface area (Å²) in [7, 11) is 1.64. The van der Waals surface area contributed by atoms with Gasteiger partial charge in [0.25, 0.3) is 0 Å². The molecule has 0 aliphatic heterocycles. The lowest BCUT2D eigenvalue weighted by atomic mass is 10.2. The number of methoxy groups -OCH3 is 1. The summed E-state index contributed by atoms with van der Waals surface area (Å²) in [5, 5.41) is 5.61. The number of para-hydroxylation sites is 2. The van der Waals surface area contributed by atoms with Gasteiger partial charge in [-0.05, 0) is 48.6 Å². The lowest BCUT2D eigenvalue weighted by Crippen LogP contribution is -2.41. The molecule has 5 heteroatoms. The molecule has 0 bridgehead atoms. The van der Waals surface area contributed by atoms with Crippen LogP contribution in [0.25, 0.3) is 0 Å². The van der Waals surface area contributed by atoms with Gasteiger partial charge in [0.15, 0.2) is 5.11 Å². The van der Waals surface area contributed by atoms with Crippen LogP contribution in [0.3, 0.4) is 0 Å². The second-order valence-electron chi connectivity index (χ2n) is 5.30. The summed E-state index contributed by atoms with van der Waals surface area (Å²) in [6.45, 7) is 0. The zero-order chi connectivity index (χ0) is 17.5. The molecule has 3 rings (SSSR count). The molecule has 3 aromatic carbocycles. The Kier molecular flexibility index (Phi) is 5.49. The zero-order valence-electron chi connectivity index (χ0n) is 13.8. The number of nitrogens with one attached hydrogen (secondary N) is 2. The Morgan fingerprint density at radius 1 is 0.840 bits per heavy atom. The lowest BCUT2D eigenvalue weighted by molar-refractivity contribution is 0.415. The monoisotopic (exact) mass is 349 g/mol. The van der Waals surface area contributed by atoms with Crippen molar-refractivity contribution in [1.82, 2.24) is 5.43 Å². The second kappa shape index (κ2) is 8.17. The Balaban J connectivity index is 1.79. The van der Waals surface area contributed by atoms with E-state index in [1.54, 1.807) is 7.11 Å². The van der Waals surface area contributed by atoms with Gasteiger partial charge in [0, 0.05) is 11.8 Å². The van der Waals surface area contributed by atoms with Crippen molar-refractivity contribution >= 4 is 34.4 Å². The molecule has 0 saturated carbocycles. The van der Waals surface area contributed by atoms with Crippen molar-refractivity contribution in [2.24, 2.45) is 0 Å². The number of hydrogen-bond acceptors (Lipinski definition) is 3. The van der Waals surface area contributed by atoms with E-state index in [0.717, 1.165) is 22.8 Å². The number of hydrogen-bond donors (Lipinski definition) is 2. The van der Waals surface area contributed by atoms with E-state index >= 15 is 0 Å². The predicted molar refractivity (Wildman–Crippen MR) is 107 cm³/mol. The third kappa shape index (κ3) is 4.49. The molecule has 4 nitrogen and oxygen atoms in total. The summed E-state index contributed by atoms with van der Waals surface area (Å²) in [6, 6.07) is 27.7. The number of anilines is 3. The normalized spacial score (nSPS) is 9.96. The van der Waals surface area contributed by atoms with E-state index in [-0.39, 0.29) is 0 Å². The highest BCUT2D eigenvalue weighted by atomic mass is 32.1. The van der Waals surface area contributed by atoms with Gasteiger partial charge in [-0.2, -0.15) is 0 Å². The van der Waals surface area contributed by atoms with Crippen LogP contribution in [0.5, 0.6) is 5.75 Å². The molecule has 25 heavy (non-hydrogen) atoms. The molecule has 0 aromatic heterocycles. The third-order valence-electron chi connectivity index (χ3n) is 3.57. The fourth-order valence-corrected chi connectivity index (χ4v) is 2.60. The maximum absolute atomic E-state index is 5.49. The van der Waals surface area contributed by atoms with Gasteiger partial charge >= 0.3 is 0 Å². The van der Waals surface area contributed by atoms with Crippen LogP contribution < -0.4 is 20.5 Å². The first kappa shape index (κ1) is 16.8. The largest absolute Gasteiger partial charge is 0.497 e. The molecule has 0 spiro atoms. The Hall–Kier alpha value is -3.05. The predicted octanol–water partition coefficient (Wildman–Crippen LogP) is 4.73. The number of benzene rings is 3. The van der Waals surface area contributed by atoms with Crippen LogP contribution in [0.1, 0.15) is 0 Å². The zero-order valence-corrected chi connectivity index (χ0v) is 14.7. The van der Waals surface area contributed by atoms with Crippen molar-refractivity contribution < 1.29 is 4.74 Å². The van der Waals surface area contributed by atoms with Gasteiger partial charge in [-0.25, -0.2) is 0 Å². The average molecular weight is 349 g/mol. The number of hydrazine groups is 1. The minimum atomic E-state index is 0.487. The Bertz CT molecular complexity index is 785. The molecule has 2 N–H and O–H groups in total. The highest BCUT2D eigenvalue weighted by Gasteiger charge is 2.10. The molecule has 0 heterocycles. The van der Waals surface area contributed by atoms with Gasteiger partial charge in [-0.3, -0.25) is 10.4 Å². The smallest absolute Gasteiger partial charge is 0.190 e. The first-order chi connectivity index (χ1) is 12.3. The number of nitrogens with zero attached hydrogens (tertiary/aromatic N) is 1. The van der Waals surface area contributed by atoms with E-state index in [1.807, 2.05) is 89.9 Å². The molecular formula is C20H19N3OS. The molecule has 0 amide bonds. The van der Waals surface area contributed by atoms with Crippen LogP contribution in [0.2, 0.25) is 0 Å². The fraction of sp³-hybridized carbons (Fsp3) is 0.0500. The van der Waals surface area contributed by atoms with Gasteiger partial charge in [0.05, 0.1) is 18.5 Å². The summed E-state index contributed by atoms with van der Waals surface area (Å²) in [5.74, 6) is 0.774. The van der Waals surface area contributed by atoms with Crippen LogP contribution >= 0.6 is 12.2 Å². The molecular weight excluding hydrogens is 330 g/mol. The second-order valence-corrected chi connectivity index (χ2v) is 5.71. The van der Waals surface area contributed by atoms with Crippen molar-refractivity contribution in [3.05, 3.63) is 84.9 Å². The van der Waals surface area contributed by atoms with E-state index in [1.165, 1.54) is 0 Å². The maximum atomic E-state index is 5.49. The van der Waals surface area contributed by atoms with Crippen LogP contribution in [0, 0.1) is 0 Å². The lowest BCUT2D eigenvalue weighted by Gasteiger charge is -2.27. The topological polar surface area (TPSA) is 36.5 Å². The first-order valence-electron chi connectivity index (χ1n) is 7.88. The van der Waals surface area contributed by atoms with Crippen molar-refractivity contribution in [3.8, 4) is 5.75 Å². The summed E-state index contributed by atoms with van der Waals surface area (Å²) >= 11 is 5.49. The van der Waals surface area contributed by atoms with Crippen LogP contribution in [-0.2, 0) is 0 Å². The Morgan fingerprint density at radius 3 is 2.00 bits per heavy atom. The fourth-order valence-electron chi connectivity index (χ4n) is 2.39. The number of thiocarbonyl (C=S) groups is 1. The van der Waals surface area contributed by atoms with Crippen molar-refractivity contribution in [3.63, 3.8) is 0 Å². The van der Waals surface area contributed by atoms with E-state index in [9.17, 15) is 0 Å². The molecule has 0 atom stereocenters. The summed E-state index contributed by atoms with van der Waals surface area (Å²) in [4.78, 5) is 0. The van der Waals surface area contributed by atoms with E-state index in [2.05, 4.69) is 10.7 Å². The summed E-state index contributed by atoms with van der Waals surface area (Å²) in [6.07, 6.45) is 0. The minimum absolute atomic E-state index is 0.487. The number of rotatable bonds is 5. The van der Waals surface area contributed by atoms with Gasteiger partial charge in [-0.15, -0.1) is 0 Å². The molecule has 3 aromatic rings. The van der Waals surface area contributed by atoms with Gasteiger partial charge < -0.3 is 10.1 Å². The molecule has 0 fully saturated rings. The Labute approximate surface area is 153 Å². The molecule has 0 radical (unpaired) electrons. The summed E-state index contributed by atoms with van der Waals surface area (Å²) in [5.41, 5.74) is 6.09. The van der Waals surface area contributed by atoms with Crippen molar-refractivity contribution in [2.75, 3.05) is 17.4 Å². The SMILES string of the molecule is COc1cccc(NC(=S)NN(c2ccccc2)c2ccccc2)c1. The molecule has 0 unspecified atom stereocenters. The summed E-state index contributed by atoms with van der Waals surface area (Å²) < 4.78 is 5.24. The Morgan fingerprint density at radius 2 is 1.44 bits per heavy atom. The van der Waals surface area contributed by atoms with E-state index in [4.69, 9.17) is 17.0 Å². The van der Waals surface area contributed by atoms with Gasteiger partial charge in [0.2, 0.25) is 0 Å².